The van der Waals surface area contributed by atoms with Crippen molar-refractivity contribution in [1.82, 2.24) is 15.3 Å². The molecule has 0 saturated heterocycles. The van der Waals surface area contributed by atoms with Gasteiger partial charge in [-0.1, -0.05) is 30.3 Å². The molecule has 0 fully saturated rings. The molecule has 34 heavy (non-hydrogen) atoms. The van der Waals surface area contributed by atoms with E-state index < -0.39 is 10.0 Å². The van der Waals surface area contributed by atoms with Crippen molar-refractivity contribution in [3.05, 3.63) is 100 Å². The number of nitrogens with zero attached hydrogens (tertiary/aromatic N) is 2. The largest absolute Gasteiger partial charge is 0.347 e. The minimum absolute atomic E-state index is 0.0755. The maximum Gasteiger partial charge on any atom is 0.264 e. The predicted octanol–water partition coefficient (Wildman–Crippen LogP) is 5.01. The van der Waals surface area contributed by atoms with Gasteiger partial charge in [0.1, 0.15) is 0 Å². The first-order valence-corrected chi connectivity index (χ1v) is 13.5. The maximum atomic E-state index is 13.7. The van der Waals surface area contributed by atoms with Gasteiger partial charge in [-0.2, -0.15) is 0 Å². The molecule has 7 nitrogen and oxygen atoms in total. The lowest BCUT2D eigenvalue weighted by Crippen LogP contribution is -2.30. The van der Waals surface area contributed by atoms with Crippen molar-refractivity contribution in [3.63, 3.8) is 0 Å². The number of nitrogens with one attached hydrogen (secondary N) is 2. The Bertz CT molecular complexity index is 1510. The lowest BCUT2D eigenvalue weighted by Gasteiger charge is -2.24. The summed E-state index contributed by atoms with van der Waals surface area (Å²) in [5.74, 6) is -0.188. The van der Waals surface area contributed by atoms with Gasteiger partial charge in [0.2, 0.25) is 0 Å². The van der Waals surface area contributed by atoms with Crippen molar-refractivity contribution < 1.29 is 13.2 Å². The van der Waals surface area contributed by atoms with Crippen molar-refractivity contribution in [1.29, 1.82) is 0 Å². The number of benzene rings is 2. The van der Waals surface area contributed by atoms with Gasteiger partial charge in [-0.05, 0) is 41.8 Å². The second-order valence-electron chi connectivity index (χ2n) is 7.46. The van der Waals surface area contributed by atoms with Crippen LogP contribution in [0.5, 0.6) is 0 Å². The first kappa shape index (κ1) is 22.3. The summed E-state index contributed by atoms with van der Waals surface area (Å²) in [6.45, 7) is 0.526. The molecule has 172 valence electrons. The Hall–Kier alpha value is -3.47. The summed E-state index contributed by atoms with van der Waals surface area (Å²) in [6.07, 6.45) is 3.12. The summed E-state index contributed by atoms with van der Waals surface area (Å²) in [4.78, 5) is 21.6. The summed E-state index contributed by atoms with van der Waals surface area (Å²) >= 11 is 2.92. The normalized spacial score (nSPS) is 11.5. The summed E-state index contributed by atoms with van der Waals surface area (Å²) in [5.41, 5.74) is 1.16. The quantitative estimate of drug-likeness (QED) is 0.308. The van der Waals surface area contributed by atoms with Gasteiger partial charge >= 0.3 is 0 Å². The first-order chi connectivity index (χ1) is 16.5. The Kier molecular flexibility index (Phi) is 6.18. The minimum Gasteiger partial charge on any atom is -0.347 e. The molecule has 0 bridgehead atoms. The van der Waals surface area contributed by atoms with E-state index in [1.165, 1.54) is 22.0 Å². The molecular formula is C24H20N4O3S3. The highest BCUT2D eigenvalue weighted by atomic mass is 32.2. The Balaban J connectivity index is 1.54. The van der Waals surface area contributed by atoms with Crippen molar-refractivity contribution in [2.75, 3.05) is 4.31 Å². The van der Waals surface area contributed by atoms with Gasteiger partial charge in [-0.15, -0.1) is 22.7 Å². The van der Waals surface area contributed by atoms with E-state index in [0.29, 0.717) is 28.2 Å². The number of carbonyl (C=O) groups is 1. The van der Waals surface area contributed by atoms with Gasteiger partial charge in [0.15, 0.2) is 0 Å². The molecule has 1 amide bonds. The van der Waals surface area contributed by atoms with Crippen LogP contribution >= 0.6 is 22.7 Å². The molecule has 2 aromatic carbocycles. The van der Waals surface area contributed by atoms with E-state index in [-0.39, 0.29) is 17.3 Å². The maximum absolute atomic E-state index is 13.7. The molecule has 5 rings (SSSR count). The van der Waals surface area contributed by atoms with Gasteiger partial charge in [-0.25, -0.2) is 13.4 Å². The SMILES string of the molecule is O=C(NCc1cccs1)c1cc2c(N(Cc3cnc[nH]3)S(=O)(=O)c3ccccc3)cccc2s1. The molecule has 0 saturated carbocycles. The van der Waals surface area contributed by atoms with E-state index in [9.17, 15) is 13.2 Å². The number of H-pyrrole nitrogens is 1. The van der Waals surface area contributed by atoms with Crippen LogP contribution in [0.1, 0.15) is 20.2 Å². The van der Waals surface area contributed by atoms with Gasteiger partial charge in [0, 0.05) is 21.2 Å². The molecule has 2 N–H and O–H groups in total. The number of sulfonamides is 1. The second kappa shape index (κ2) is 9.41. The number of hydrogen-bond acceptors (Lipinski definition) is 6. The number of rotatable bonds is 8. The zero-order valence-corrected chi connectivity index (χ0v) is 20.3. The molecule has 10 heteroatoms. The number of fused-ring (bicyclic) bond motifs is 1. The molecule has 0 spiro atoms. The molecule has 0 aliphatic rings. The van der Waals surface area contributed by atoms with E-state index >= 15 is 0 Å². The number of hydrogen-bond donors (Lipinski definition) is 2. The minimum atomic E-state index is -3.88. The fraction of sp³-hybridized carbons (Fsp3) is 0.0833. The molecule has 0 atom stereocenters. The van der Waals surface area contributed by atoms with E-state index in [2.05, 4.69) is 15.3 Å². The standard InChI is InChI=1S/C24H20N4O3S3/c29-24(26-14-18-6-5-11-32-18)23-12-20-21(9-4-10-22(20)33-23)28(15-17-13-25-16-27-17)34(30,31)19-7-2-1-3-8-19/h1-13,16H,14-15H2,(H,25,27)(H,26,29). The number of anilines is 1. The van der Waals surface area contributed by atoms with Gasteiger partial charge in [0.25, 0.3) is 15.9 Å². The molecule has 0 aliphatic carbocycles. The van der Waals surface area contributed by atoms with E-state index in [0.717, 1.165) is 9.58 Å². The van der Waals surface area contributed by atoms with Crippen LogP contribution in [0.25, 0.3) is 10.1 Å². The van der Waals surface area contributed by atoms with Crippen molar-refractivity contribution in [2.45, 2.75) is 18.0 Å². The lowest BCUT2D eigenvalue weighted by atomic mass is 10.2. The van der Waals surface area contributed by atoms with Gasteiger partial charge in [-0.3, -0.25) is 9.10 Å². The van der Waals surface area contributed by atoms with E-state index in [1.807, 2.05) is 29.6 Å². The van der Waals surface area contributed by atoms with Gasteiger partial charge < -0.3 is 10.3 Å². The highest BCUT2D eigenvalue weighted by Crippen LogP contribution is 2.36. The van der Waals surface area contributed by atoms with Crippen molar-refractivity contribution in [2.24, 2.45) is 0 Å². The van der Waals surface area contributed by atoms with Crippen LogP contribution in [0, 0.1) is 0 Å². The van der Waals surface area contributed by atoms with Crippen LogP contribution in [0.3, 0.4) is 0 Å². The summed E-state index contributed by atoms with van der Waals surface area (Å²) < 4.78 is 29.6. The van der Waals surface area contributed by atoms with Crippen LogP contribution in [0.2, 0.25) is 0 Å². The molecule has 3 heterocycles. The Morgan fingerprint density at radius 3 is 2.65 bits per heavy atom. The number of amides is 1. The fourth-order valence-corrected chi connectivity index (χ4v) is 6.71. The highest BCUT2D eigenvalue weighted by molar-refractivity contribution is 7.92. The van der Waals surface area contributed by atoms with E-state index in [1.54, 1.807) is 60.0 Å². The third-order valence-corrected chi connectivity index (χ3v) is 8.98. The van der Waals surface area contributed by atoms with Crippen molar-refractivity contribution >= 4 is 54.4 Å². The third kappa shape index (κ3) is 4.47. The molecule has 3 aromatic heterocycles. The van der Waals surface area contributed by atoms with Crippen LogP contribution in [-0.4, -0.2) is 24.3 Å². The average Bonchev–Trinajstić information content (AvgIpc) is 3.63. The first-order valence-electron chi connectivity index (χ1n) is 10.4. The smallest absolute Gasteiger partial charge is 0.264 e. The zero-order chi connectivity index (χ0) is 23.5. The summed E-state index contributed by atoms with van der Waals surface area (Å²) in [5, 5.41) is 5.61. The number of carbonyl (C=O) groups excluding carboxylic acids is 1. The zero-order valence-electron chi connectivity index (χ0n) is 17.8. The summed E-state index contributed by atoms with van der Waals surface area (Å²) in [7, 11) is -3.88. The number of imidazole rings is 1. The monoisotopic (exact) mass is 508 g/mol. The van der Waals surface area contributed by atoms with Gasteiger partial charge in [0.05, 0.1) is 40.6 Å². The van der Waals surface area contributed by atoms with Crippen LogP contribution in [0.4, 0.5) is 5.69 Å². The number of aromatic amines is 1. The van der Waals surface area contributed by atoms with E-state index in [4.69, 9.17) is 0 Å². The lowest BCUT2D eigenvalue weighted by molar-refractivity contribution is 0.0955. The Labute approximate surface area is 204 Å². The Morgan fingerprint density at radius 2 is 1.91 bits per heavy atom. The topological polar surface area (TPSA) is 95.2 Å². The fourth-order valence-electron chi connectivity index (χ4n) is 3.59. The Morgan fingerprint density at radius 1 is 1.06 bits per heavy atom. The molecule has 5 aromatic rings. The molecule has 0 unspecified atom stereocenters. The van der Waals surface area contributed by atoms with Crippen LogP contribution in [0.15, 0.2) is 89.5 Å². The number of aromatic nitrogens is 2. The average molecular weight is 509 g/mol. The third-order valence-electron chi connectivity index (χ3n) is 5.23. The van der Waals surface area contributed by atoms with Crippen LogP contribution < -0.4 is 9.62 Å². The molecular weight excluding hydrogens is 488 g/mol. The highest BCUT2D eigenvalue weighted by Gasteiger charge is 2.27. The second-order valence-corrected chi connectivity index (χ2v) is 11.4. The summed E-state index contributed by atoms with van der Waals surface area (Å²) in [6, 6.07) is 19.5. The number of thiophene rings is 2. The molecule has 0 radical (unpaired) electrons. The van der Waals surface area contributed by atoms with Crippen molar-refractivity contribution in [3.8, 4) is 0 Å². The predicted molar refractivity (Wildman–Crippen MR) is 136 cm³/mol. The van der Waals surface area contributed by atoms with Crippen LogP contribution in [-0.2, 0) is 23.1 Å². The molecule has 0 aliphatic heterocycles.